The number of benzene rings is 1. The van der Waals surface area contributed by atoms with Gasteiger partial charge < -0.3 is 5.11 Å². The van der Waals surface area contributed by atoms with Crippen LogP contribution in [0.3, 0.4) is 0 Å². The molecule has 0 aliphatic heterocycles. The van der Waals surface area contributed by atoms with E-state index < -0.39 is 23.5 Å². The topological polar surface area (TPSA) is 37.3 Å². The molecule has 0 saturated heterocycles. The number of carboxylic acids is 1. The van der Waals surface area contributed by atoms with Crippen LogP contribution in [-0.2, 0) is 11.2 Å². The van der Waals surface area contributed by atoms with E-state index in [4.69, 9.17) is 5.11 Å². The van der Waals surface area contributed by atoms with Gasteiger partial charge in [0.15, 0.2) is 11.6 Å². The van der Waals surface area contributed by atoms with Crippen molar-refractivity contribution in [2.75, 3.05) is 0 Å². The first-order valence-corrected chi connectivity index (χ1v) is 5.08. The summed E-state index contributed by atoms with van der Waals surface area (Å²) >= 11 is 2.90. The van der Waals surface area contributed by atoms with E-state index in [9.17, 15) is 13.6 Å². The van der Waals surface area contributed by atoms with E-state index in [0.717, 1.165) is 6.07 Å². The highest BCUT2D eigenvalue weighted by Crippen LogP contribution is 2.25. The number of aliphatic carboxylic acids is 1. The molecule has 0 heterocycles. The average Bonchev–Trinajstić information content (AvgIpc) is 2.18. The van der Waals surface area contributed by atoms with Crippen molar-refractivity contribution in [3.63, 3.8) is 0 Å². The SMILES string of the molecule is CC(Cc1ccc(F)c(F)c1Br)C(=O)O. The van der Waals surface area contributed by atoms with Gasteiger partial charge in [-0.15, -0.1) is 0 Å². The highest BCUT2D eigenvalue weighted by atomic mass is 79.9. The summed E-state index contributed by atoms with van der Waals surface area (Å²) in [5.41, 5.74) is 0.448. The fourth-order valence-corrected chi connectivity index (χ4v) is 1.62. The molecule has 0 radical (unpaired) electrons. The van der Waals surface area contributed by atoms with Crippen molar-refractivity contribution in [1.29, 1.82) is 0 Å². The van der Waals surface area contributed by atoms with Gasteiger partial charge in [-0.25, -0.2) is 8.78 Å². The van der Waals surface area contributed by atoms with E-state index in [2.05, 4.69) is 15.9 Å². The highest BCUT2D eigenvalue weighted by Gasteiger charge is 2.16. The molecule has 0 amide bonds. The van der Waals surface area contributed by atoms with Crippen molar-refractivity contribution in [3.8, 4) is 0 Å². The Labute approximate surface area is 94.0 Å². The molecule has 0 bridgehead atoms. The Morgan fingerprint density at radius 1 is 1.53 bits per heavy atom. The molecule has 0 aliphatic carbocycles. The maximum absolute atomic E-state index is 13.1. The predicted molar refractivity (Wildman–Crippen MR) is 54.6 cm³/mol. The van der Waals surface area contributed by atoms with Gasteiger partial charge >= 0.3 is 5.97 Å². The summed E-state index contributed by atoms with van der Waals surface area (Å²) in [7, 11) is 0. The van der Waals surface area contributed by atoms with Crippen LogP contribution < -0.4 is 0 Å². The lowest BCUT2D eigenvalue weighted by Crippen LogP contribution is -2.13. The zero-order valence-electron chi connectivity index (χ0n) is 7.93. The minimum absolute atomic E-state index is 0.00407. The van der Waals surface area contributed by atoms with E-state index in [1.54, 1.807) is 0 Å². The van der Waals surface area contributed by atoms with Crippen LogP contribution >= 0.6 is 15.9 Å². The number of carboxylic acid groups (broad SMARTS) is 1. The van der Waals surface area contributed by atoms with E-state index in [-0.39, 0.29) is 10.9 Å². The molecule has 0 aromatic heterocycles. The van der Waals surface area contributed by atoms with E-state index in [1.807, 2.05) is 0 Å². The molecule has 5 heteroatoms. The predicted octanol–water partition coefficient (Wildman–Crippen LogP) is 2.99. The van der Waals surface area contributed by atoms with Gasteiger partial charge in [0.05, 0.1) is 10.4 Å². The summed E-state index contributed by atoms with van der Waals surface area (Å²) in [6.07, 6.45) is 0.160. The normalized spacial score (nSPS) is 12.5. The van der Waals surface area contributed by atoms with Gasteiger partial charge in [-0.2, -0.15) is 0 Å². The summed E-state index contributed by atoms with van der Waals surface area (Å²) in [5, 5.41) is 8.67. The Morgan fingerprint density at radius 3 is 2.67 bits per heavy atom. The van der Waals surface area contributed by atoms with Crippen LogP contribution in [0.5, 0.6) is 0 Å². The van der Waals surface area contributed by atoms with Gasteiger partial charge in [-0.05, 0) is 34.0 Å². The smallest absolute Gasteiger partial charge is 0.306 e. The lowest BCUT2D eigenvalue weighted by molar-refractivity contribution is -0.141. The summed E-state index contributed by atoms with van der Waals surface area (Å²) < 4.78 is 25.8. The molecule has 0 aliphatic rings. The van der Waals surface area contributed by atoms with Gasteiger partial charge in [0.25, 0.3) is 0 Å². The number of rotatable bonds is 3. The van der Waals surface area contributed by atoms with Crippen molar-refractivity contribution in [2.24, 2.45) is 5.92 Å². The Hall–Kier alpha value is -0.970. The molecular formula is C10H9BrF2O2. The molecule has 1 unspecified atom stereocenters. The molecule has 2 nitrogen and oxygen atoms in total. The first-order valence-electron chi connectivity index (χ1n) is 4.28. The summed E-state index contributed by atoms with van der Waals surface area (Å²) in [6.45, 7) is 1.51. The largest absolute Gasteiger partial charge is 0.481 e. The molecular weight excluding hydrogens is 270 g/mol. The molecule has 1 N–H and O–H groups in total. The van der Waals surface area contributed by atoms with E-state index in [1.165, 1.54) is 13.0 Å². The number of hydrogen-bond acceptors (Lipinski definition) is 1. The van der Waals surface area contributed by atoms with Crippen LogP contribution in [0.4, 0.5) is 8.78 Å². The van der Waals surface area contributed by atoms with Gasteiger partial charge in [0.1, 0.15) is 0 Å². The van der Waals surface area contributed by atoms with Crippen molar-refractivity contribution in [3.05, 3.63) is 33.8 Å². The van der Waals surface area contributed by atoms with Crippen LogP contribution in [0.1, 0.15) is 12.5 Å². The minimum Gasteiger partial charge on any atom is -0.481 e. The standard InChI is InChI=1S/C10H9BrF2O2/c1-5(10(14)15)4-6-2-3-7(12)9(13)8(6)11/h2-3,5H,4H2,1H3,(H,14,15). The quantitative estimate of drug-likeness (QED) is 0.863. The first kappa shape index (κ1) is 12.1. The zero-order valence-corrected chi connectivity index (χ0v) is 9.51. The number of halogens is 3. The zero-order chi connectivity index (χ0) is 11.6. The Kier molecular flexibility index (Phi) is 3.79. The minimum atomic E-state index is -0.981. The van der Waals surface area contributed by atoms with Crippen molar-refractivity contribution < 1.29 is 18.7 Å². The number of carbonyl (C=O) groups is 1. The third kappa shape index (κ3) is 2.75. The Balaban J connectivity index is 2.97. The maximum Gasteiger partial charge on any atom is 0.306 e. The third-order valence-electron chi connectivity index (χ3n) is 2.06. The van der Waals surface area contributed by atoms with Crippen molar-refractivity contribution in [2.45, 2.75) is 13.3 Å². The highest BCUT2D eigenvalue weighted by molar-refractivity contribution is 9.10. The lowest BCUT2D eigenvalue weighted by atomic mass is 10.0. The average molecular weight is 279 g/mol. The summed E-state index contributed by atoms with van der Waals surface area (Å²) in [4.78, 5) is 10.6. The number of hydrogen-bond donors (Lipinski definition) is 1. The van der Waals surface area contributed by atoms with Crippen LogP contribution in [0.15, 0.2) is 16.6 Å². The first-order chi connectivity index (χ1) is 6.93. The molecule has 15 heavy (non-hydrogen) atoms. The second-order valence-electron chi connectivity index (χ2n) is 3.28. The fraction of sp³-hybridized carbons (Fsp3) is 0.300. The lowest BCUT2D eigenvalue weighted by Gasteiger charge is -2.09. The van der Waals surface area contributed by atoms with Crippen LogP contribution in [0.25, 0.3) is 0 Å². The third-order valence-corrected chi connectivity index (χ3v) is 2.92. The Bertz CT molecular complexity index is 393. The second kappa shape index (κ2) is 4.70. The summed E-state index contributed by atoms with van der Waals surface area (Å²) in [5.74, 6) is -3.53. The molecule has 82 valence electrons. The molecule has 0 fully saturated rings. The van der Waals surface area contributed by atoms with Gasteiger partial charge in [0.2, 0.25) is 0 Å². The van der Waals surface area contributed by atoms with Crippen molar-refractivity contribution >= 4 is 21.9 Å². The Morgan fingerprint density at radius 2 is 2.13 bits per heavy atom. The van der Waals surface area contributed by atoms with Crippen LogP contribution in [-0.4, -0.2) is 11.1 Å². The molecule has 1 atom stereocenters. The summed E-state index contributed by atoms with van der Waals surface area (Å²) in [6, 6.07) is 2.37. The van der Waals surface area contributed by atoms with Crippen LogP contribution in [0.2, 0.25) is 0 Å². The molecule has 0 spiro atoms. The maximum atomic E-state index is 13.1. The van der Waals surface area contributed by atoms with E-state index in [0.29, 0.717) is 5.56 Å². The molecule has 1 aromatic carbocycles. The van der Waals surface area contributed by atoms with Gasteiger partial charge in [-0.3, -0.25) is 4.79 Å². The van der Waals surface area contributed by atoms with Gasteiger partial charge in [0, 0.05) is 0 Å². The fourth-order valence-electron chi connectivity index (χ4n) is 1.14. The van der Waals surface area contributed by atoms with Crippen LogP contribution in [0, 0.1) is 17.6 Å². The second-order valence-corrected chi connectivity index (χ2v) is 4.07. The van der Waals surface area contributed by atoms with E-state index >= 15 is 0 Å². The molecule has 1 rings (SSSR count). The molecule has 0 saturated carbocycles. The van der Waals surface area contributed by atoms with Crippen molar-refractivity contribution in [1.82, 2.24) is 0 Å². The monoisotopic (exact) mass is 278 g/mol. The molecule has 1 aromatic rings. The van der Waals surface area contributed by atoms with Gasteiger partial charge in [-0.1, -0.05) is 13.0 Å².